The van der Waals surface area contributed by atoms with Crippen LogP contribution < -0.4 is 5.32 Å². The van der Waals surface area contributed by atoms with Crippen LogP contribution in [0.5, 0.6) is 0 Å². The van der Waals surface area contributed by atoms with Gasteiger partial charge in [-0.3, -0.25) is 9.78 Å². The SMILES string of the molecule is Cc1ccc([C@@H](CNC(=O)c2ccncc2)S(=O)(=O)c2cccs2)cc1. The van der Waals surface area contributed by atoms with Gasteiger partial charge in [-0.15, -0.1) is 11.3 Å². The molecule has 0 saturated heterocycles. The van der Waals surface area contributed by atoms with Gasteiger partial charge >= 0.3 is 0 Å². The van der Waals surface area contributed by atoms with Crippen molar-refractivity contribution >= 4 is 27.1 Å². The van der Waals surface area contributed by atoms with Crippen molar-refractivity contribution < 1.29 is 13.2 Å². The minimum Gasteiger partial charge on any atom is -0.350 e. The smallest absolute Gasteiger partial charge is 0.251 e. The summed E-state index contributed by atoms with van der Waals surface area (Å²) in [7, 11) is -3.61. The second-order valence-corrected chi connectivity index (χ2v) is 9.13. The molecule has 5 nitrogen and oxygen atoms in total. The van der Waals surface area contributed by atoms with Crippen molar-refractivity contribution in [2.24, 2.45) is 0 Å². The Bertz CT molecular complexity index is 967. The molecule has 1 atom stereocenters. The Balaban J connectivity index is 1.89. The summed E-state index contributed by atoms with van der Waals surface area (Å²) in [5.41, 5.74) is 2.14. The zero-order valence-electron chi connectivity index (χ0n) is 14.1. The van der Waals surface area contributed by atoms with Crippen LogP contribution in [0.2, 0.25) is 0 Å². The number of benzene rings is 1. The van der Waals surface area contributed by atoms with Gasteiger partial charge in [0.05, 0.1) is 0 Å². The third kappa shape index (κ3) is 4.00. The van der Waals surface area contributed by atoms with Crippen LogP contribution in [0.1, 0.15) is 26.7 Å². The van der Waals surface area contributed by atoms with E-state index in [0.717, 1.165) is 5.56 Å². The predicted octanol–water partition coefficient (Wildman–Crippen LogP) is 3.40. The van der Waals surface area contributed by atoms with Gasteiger partial charge in [0, 0.05) is 24.5 Å². The lowest BCUT2D eigenvalue weighted by Crippen LogP contribution is -2.31. The predicted molar refractivity (Wildman–Crippen MR) is 102 cm³/mol. The number of amides is 1. The summed E-state index contributed by atoms with van der Waals surface area (Å²) in [5.74, 6) is -0.328. The second kappa shape index (κ2) is 7.80. The van der Waals surface area contributed by atoms with Crippen LogP contribution in [-0.2, 0) is 9.84 Å². The van der Waals surface area contributed by atoms with E-state index in [4.69, 9.17) is 0 Å². The highest BCUT2D eigenvalue weighted by atomic mass is 32.2. The van der Waals surface area contributed by atoms with Crippen molar-refractivity contribution in [1.82, 2.24) is 10.3 Å². The number of pyridine rings is 1. The van der Waals surface area contributed by atoms with Crippen molar-refractivity contribution in [1.29, 1.82) is 0 Å². The highest BCUT2D eigenvalue weighted by molar-refractivity contribution is 7.93. The second-order valence-electron chi connectivity index (χ2n) is 5.82. The lowest BCUT2D eigenvalue weighted by Gasteiger charge is -2.18. The summed E-state index contributed by atoms with van der Waals surface area (Å²) in [6.07, 6.45) is 3.05. The van der Waals surface area contributed by atoms with E-state index in [0.29, 0.717) is 15.3 Å². The summed E-state index contributed by atoms with van der Waals surface area (Å²) in [4.78, 5) is 16.2. The van der Waals surface area contributed by atoms with E-state index in [-0.39, 0.29) is 12.5 Å². The van der Waals surface area contributed by atoms with Crippen molar-refractivity contribution in [2.45, 2.75) is 16.4 Å². The number of hydrogen-bond acceptors (Lipinski definition) is 5. The van der Waals surface area contributed by atoms with Gasteiger partial charge in [0.1, 0.15) is 9.46 Å². The van der Waals surface area contributed by atoms with E-state index in [2.05, 4.69) is 10.3 Å². The zero-order chi connectivity index (χ0) is 18.6. The van der Waals surface area contributed by atoms with E-state index >= 15 is 0 Å². The molecule has 2 aromatic heterocycles. The fourth-order valence-corrected chi connectivity index (χ4v) is 5.41. The maximum Gasteiger partial charge on any atom is 0.251 e. The van der Waals surface area contributed by atoms with Gasteiger partial charge in [0.25, 0.3) is 5.91 Å². The highest BCUT2D eigenvalue weighted by Gasteiger charge is 2.30. The lowest BCUT2D eigenvalue weighted by atomic mass is 10.1. The molecule has 0 aliphatic rings. The van der Waals surface area contributed by atoms with E-state index in [9.17, 15) is 13.2 Å². The molecule has 0 aliphatic carbocycles. The number of rotatable bonds is 6. The zero-order valence-corrected chi connectivity index (χ0v) is 15.8. The topological polar surface area (TPSA) is 76.1 Å². The standard InChI is InChI=1S/C19H18N2O3S2/c1-14-4-6-15(7-5-14)17(26(23,24)18-3-2-12-25-18)13-21-19(22)16-8-10-20-11-9-16/h2-12,17H,13H2,1H3,(H,21,22)/t17-/m1/s1. The van der Waals surface area contributed by atoms with Crippen molar-refractivity contribution in [3.63, 3.8) is 0 Å². The number of nitrogens with one attached hydrogen (secondary N) is 1. The minimum atomic E-state index is -3.61. The highest BCUT2D eigenvalue weighted by Crippen LogP contribution is 2.31. The Morgan fingerprint density at radius 3 is 2.42 bits per heavy atom. The van der Waals surface area contributed by atoms with E-state index < -0.39 is 15.1 Å². The average Bonchev–Trinajstić information content (AvgIpc) is 3.19. The molecule has 0 fully saturated rings. The third-order valence-corrected chi connectivity index (χ3v) is 7.52. The van der Waals surface area contributed by atoms with Gasteiger partial charge < -0.3 is 5.32 Å². The fraction of sp³-hybridized carbons (Fsp3) is 0.158. The van der Waals surface area contributed by atoms with E-state index in [1.165, 1.54) is 23.7 Å². The van der Waals surface area contributed by atoms with Crippen LogP contribution in [-0.4, -0.2) is 25.9 Å². The molecule has 0 aliphatic heterocycles. The summed E-state index contributed by atoms with van der Waals surface area (Å²) >= 11 is 1.18. The van der Waals surface area contributed by atoms with Crippen LogP contribution in [0.4, 0.5) is 0 Å². The van der Waals surface area contributed by atoms with Gasteiger partial charge in [0.15, 0.2) is 9.84 Å². The van der Waals surface area contributed by atoms with Crippen LogP contribution in [0, 0.1) is 6.92 Å². The average molecular weight is 386 g/mol. The van der Waals surface area contributed by atoms with Gasteiger partial charge in [0.2, 0.25) is 0 Å². The normalized spacial score (nSPS) is 12.5. The molecule has 1 N–H and O–H groups in total. The van der Waals surface area contributed by atoms with Gasteiger partial charge in [-0.1, -0.05) is 35.9 Å². The molecule has 0 spiro atoms. The number of carbonyl (C=O) groups excluding carboxylic acids is 1. The van der Waals surface area contributed by atoms with Crippen LogP contribution in [0.3, 0.4) is 0 Å². The lowest BCUT2D eigenvalue weighted by molar-refractivity contribution is 0.0953. The Morgan fingerprint density at radius 2 is 1.81 bits per heavy atom. The molecule has 134 valence electrons. The Morgan fingerprint density at radius 1 is 1.12 bits per heavy atom. The first kappa shape index (κ1) is 18.3. The largest absolute Gasteiger partial charge is 0.350 e. The molecular formula is C19H18N2O3S2. The number of nitrogens with zero attached hydrogens (tertiary/aromatic N) is 1. The summed E-state index contributed by atoms with van der Waals surface area (Å²) in [6, 6.07) is 13.8. The Hall–Kier alpha value is -2.51. The molecule has 0 radical (unpaired) electrons. The van der Waals surface area contributed by atoms with Gasteiger partial charge in [-0.05, 0) is 36.1 Å². The summed E-state index contributed by atoms with van der Waals surface area (Å²) in [5, 5.41) is 3.62. The van der Waals surface area contributed by atoms with Crippen molar-refractivity contribution in [3.8, 4) is 0 Å². The van der Waals surface area contributed by atoms with Crippen molar-refractivity contribution in [3.05, 3.63) is 83.0 Å². The van der Waals surface area contributed by atoms with Gasteiger partial charge in [-0.25, -0.2) is 8.42 Å². The molecule has 26 heavy (non-hydrogen) atoms. The molecule has 1 aromatic carbocycles. The molecule has 2 heterocycles. The Labute approximate surface area is 156 Å². The maximum atomic E-state index is 13.1. The fourth-order valence-electron chi connectivity index (χ4n) is 2.54. The molecule has 0 bridgehead atoms. The number of aryl methyl sites for hydroxylation is 1. The van der Waals surface area contributed by atoms with Crippen LogP contribution >= 0.6 is 11.3 Å². The first-order chi connectivity index (χ1) is 12.5. The Kier molecular flexibility index (Phi) is 5.49. The molecule has 0 unspecified atom stereocenters. The maximum absolute atomic E-state index is 13.1. The van der Waals surface area contributed by atoms with Gasteiger partial charge in [-0.2, -0.15) is 0 Å². The summed E-state index contributed by atoms with van der Waals surface area (Å²) in [6.45, 7) is 1.93. The minimum absolute atomic E-state index is 0.00947. The molecule has 1 amide bonds. The first-order valence-corrected chi connectivity index (χ1v) is 10.4. The van der Waals surface area contributed by atoms with E-state index in [1.54, 1.807) is 41.8 Å². The molecule has 3 rings (SSSR count). The number of sulfone groups is 1. The first-order valence-electron chi connectivity index (χ1n) is 8.00. The van der Waals surface area contributed by atoms with Crippen molar-refractivity contribution in [2.75, 3.05) is 6.54 Å². The molecule has 3 aromatic rings. The monoisotopic (exact) mass is 386 g/mol. The number of hydrogen-bond donors (Lipinski definition) is 1. The third-order valence-electron chi connectivity index (χ3n) is 3.99. The quantitative estimate of drug-likeness (QED) is 0.704. The van der Waals surface area contributed by atoms with E-state index in [1.807, 2.05) is 19.1 Å². The molecule has 0 saturated carbocycles. The van der Waals surface area contributed by atoms with Crippen LogP contribution in [0.15, 0.2) is 70.5 Å². The number of aromatic nitrogens is 1. The molecule has 7 heteroatoms. The number of thiophene rings is 1. The van der Waals surface area contributed by atoms with Crippen LogP contribution in [0.25, 0.3) is 0 Å². The molecular weight excluding hydrogens is 368 g/mol. The summed E-state index contributed by atoms with van der Waals surface area (Å²) < 4.78 is 26.4. The number of carbonyl (C=O) groups is 1.